The van der Waals surface area contributed by atoms with E-state index in [2.05, 4.69) is 47.9 Å². The zero-order valence-electron chi connectivity index (χ0n) is 22.6. The van der Waals surface area contributed by atoms with Gasteiger partial charge in [-0.3, -0.25) is 14.6 Å². The maximum Gasteiger partial charge on any atom is 0.231 e. The molecule has 9 nitrogen and oxygen atoms in total. The van der Waals surface area contributed by atoms with Crippen molar-refractivity contribution in [3.8, 4) is 11.8 Å². The van der Waals surface area contributed by atoms with Crippen molar-refractivity contribution < 1.29 is 9.59 Å². The summed E-state index contributed by atoms with van der Waals surface area (Å²) in [5.41, 5.74) is 1.59. The normalized spacial score (nSPS) is 16.7. The Morgan fingerprint density at radius 1 is 1.03 bits per heavy atom. The summed E-state index contributed by atoms with van der Waals surface area (Å²) >= 11 is 2.82. The zero-order chi connectivity index (χ0) is 28.0. The number of rotatable bonds is 9. The van der Waals surface area contributed by atoms with E-state index in [1.165, 1.54) is 22.7 Å². The lowest BCUT2D eigenvalue weighted by molar-refractivity contribution is -0.116. The SMILES string of the molecule is CC.CC#C/C(=C\C=C/C)CC(=O)Nc1nnc(C2CCC(c3nnc(NC(=O)Cc4cccnc4)s3)C2)s1. The average Bonchev–Trinajstić information content (AvgIpc) is 3.70. The Labute approximate surface area is 237 Å². The van der Waals surface area contributed by atoms with E-state index in [1.54, 1.807) is 25.4 Å². The molecular formula is C28H33N7O2S2. The van der Waals surface area contributed by atoms with Crippen LogP contribution in [0, 0.1) is 11.8 Å². The molecule has 2 amide bonds. The fourth-order valence-corrected chi connectivity index (χ4v) is 5.85. The van der Waals surface area contributed by atoms with Gasteiger partial charge in [0, 0.05) is 29.8 Å². The van der Waals surface area contributed by atoms with Crippen LogP contribution < -0.4 is 10.6 Å². The monoisotopic (exact) mass is 563 g/mol. The molecule has 0 radical (unpaired) electrons. The molecule has 204 valence electrons. The Hall–Kier alpha value is -3.75. The minimum absolute atomic E-state index is 0.144. The zero-order valence-corrected chi connectivity index (χ0v) is 24.2. The molecular weight excluding hydrogens is 530 g/mol. The first-order chi connectivity index (χ1) is 19.0. The molecule has 0 aromatic carbocycles. The van der Waals surface area contributed by atoms with Gasteiger partial charge < -0.3 is 10.6 Å². The lowest BCUT2D eigenvalue weighted by Gasteiger charge is -2.05. The van der Waals surface area contributed by atoms with Gasteiger partial charge in [-0.05, 0) is 44.7 Å². The van der Waals surface area contributed by atoms with Crippen LogP contribution in [0.4, 0.5) is 10.3 Å². The molecule has 0 bridgehead atoms. The Balaban J connectivity index is 0.00000205. The standard InChI is InChI=1S/C26H27N7O2S2.C2H6/c1-3-5-8-17(7-4-2)13-21(34)28-25-32-30-23(36-25)19-10-11-20(15-19)24-31-33-26(37-24)29-22(35)14-18-9-6-12-27-16-18;1-2/h3,5-6,8-9,12,16,19-20H,10-11,13-15H2,1-2H3,(H,28,32,34)(H,29,33,35);1-2H3/b5-3-,17-8+;. The fraction of sp³-hybridized carbons (Fsp3) is 0.393. The van der Waals surface area contributed by atoms with E-state index in [0.29, 0.717) is 10.3 Å². The Bertz CT molecular complexity index is 1350. The van der Waals surface area contributed by atoms with Gasteiger partial charge in [0.15, 0.2) is 0 Å². The first-order valence-electron chi connectivity index (χ1n) is 12.9. The minimum Gasteiger partial charge on any atom is -0.300 e. The highest BCUT2D eigenvalue weighted by atomic mass is 32.1. The molecule has 0 aliphatic heterocycles. The molecule has 0 spiro atoms. The summed E-state index contributed by atoms with van der Waals surface area (Å²) in [6.45, 7) is 7.66. The number of pyridine rings is 1. The van der Waals surface area contributed by atoms with Crippen LogP contribution in [0.1, 0.15) is 80.8 Å². The van der Waals surface area contributed by atoms with Gasteiger partial charge in [0.05, 0.1) is 12.8 Å². The van der Waals surface area contributed by atoms with Gasteiger partial charge in [0.2, 0.25) is 22.1 Å². The quantitative estimate of drug-likeness (QED) is 0.245. The Morgan fingerprint density at radius 3 is 2.23 bits per heavy atom. The van der Waals surface area contributed by atoms with Crippen LogP contribution >= 0.6 is 22.7 Å². The van der Waals surface area contributed by atoms with Crippen LogP contribution in [0.2, 0.25) is 0 Å². The van der Waals surface area contributed by atoms with E-state index in [1.807, 2.05) is 45.1 Å². The second-order valence-corrected chi connectivity index (χ2v) is 10.5. The van der Waals surface area contributed by atoms with Crippen molar-refractivity contribution in [2.45, 2.75) is 71.6 Å². The van der Waals surface area contributed by atoms with E-state index in [4.69, 9.17) is 0 Å². The van der Waals surface area contributed by atoms with Crippen molar-refractivity contribution in [2.24, 2.45) is 0 Å². The van der Waals surface area contributed by atoms with Crippen LogP contribution in [0.5, 0.6) is 0 Å². The summed E-state index contributed by atoms with van der Waals surface area (Å²) < 4.78 is 0. The van der Waals surface area contributed by atoms with E-state index >= 15 is 0 Å². The molecule has 4 rings (SSSR count). The second-order valence-electron chi connectivity index (χ2n) is 8.50. The first-order valence-corrected chi connectivity index (χ1v) is 14.6. The van der Waals surface area contributed by atoms with Gasteiger partial charge in [0.25, 0.3) is 0 Å². The molecule has 1 aliphatic rings. The number of amides is 2. The van der Waals surface area contributed by atoms with Crippen molar-refractivity contribution in [1.29, 1.82) is 0 Å². The molecule has 3 aromatic rings. The molecule has 1 fully saturated rings. The van der Waals surface area contributed by atoms with Crippen molar-refractivity contribution >= 4 is 44.8 Å². The van der Waals surface area contributed by atoms with E-state index in [9.17, 15) is 9.59 Å². The Kier molecular flexibility index (Phi) is 11.9. The fourth-order valence-electron chi connectivity index (χ4n) is 4.04. The molecule has 11 heteroatoms. The van der Waals surface area contributed by atoms with Crippen molar-refractivity contribution in [3.63, 3.8) is 0 Å². The summed E-state index contributed by atoms with van der Waals surface area (Å²) in [5, 5.41) is 25.5. The third-order valence-corrected chi connectivity index (χ3v) is 7.72. The topological polar surface area (TPSA) is 123 Å². The molecule has 1 saturated carbocycles. The number of hydrogen-bond acceptors (Lipinski definition) is 9. The van der Waals surface area contributed by atoms with Crippen molar-refractivity contribution in [3.05, 3.63) is 63.9 Å². The lowest BCUT2D eigenvalue weighted by Crippen LogP contribution is -2.14. The van der Waals surface area contributed by atoms with Crippen LogP contribution in [0.3, 0.4) is 0 Å². The number of hydrogen-bond donors (Lipinski definition) is 2. The van der Waals surface area contributed by atoms with Gasteiger partial charge in [-0.1, -0.05) is 66.7 Å². The number of nitrogens with one attached hydrogen (secondary N) is 2. The minimum atomic E-state index is -0.169. The summed E-state index contributed by atoms with van der Waals surface area (Å²) in [7, 11) is 0. The number of aromatic nitrogens is 5. The maximum atomic E-state index is 12.5. The summed E-state index contributed by atoms with van der Waals surface area (Å²) in [6.07, 6.45) is 12.2. The average molecular weight is 564 g/mol. The second kappa shape index (κ2) is 15.6. The molecule has 2 atom stereocenters. The van der Waals surface area contributed by atoms with E-state index in [0.717, 1.165) is 40.4 Å². The molecule has 0 saturated heterocycles. The highest BCUT2D eigenvalue weighted by molar-refractivity contribution is 7.15. The van der Waals surface area contributed by atoms with Gasteiger partial charge in [-0.25, -0.2) is 0 Å². The highest BCUT2D eigenvalue weighted by Crippen LogP contribution is 2.45. The van der Waals surface area contributed by atoms with Gasteiger partial charge in [-0.2, -0.15) is 0 Å². The van der Waals surface area contributed by atoms with Crippen molar-refractivity contribution in [2.75, 3.05) is 10.6 Å². The van der Waals surface area contributed by atoms with Gasteiger partial charge in [0.1, 0.15) is 10.0 Å². The van der Waals surface area contributed by atoms with E-state index < -0.39 is 0 Å². The molecule has 1 aliphatic carbocycles. The van der Waals surface area contributed by atoms with Crippen molar-refractivity contribution in [1.82, 2.24) is 25.4 Å². The van der Waals surface area contributed by atoms with Crippen LogP contribution in [-0.4, -0.2) is 37.2 Å². The largest absolute Gasteiger partial charge is 0.300 e. The van der Waals surface area contributed by atoms with Crippen LogP contribution in [-0.2, 0) is 16.0 Å². The summed E-state index contributed by atoms with van der Waals surface area (Å²) in [6, 6.07) is 3.67. The molecule has 2 unspecified atom stereocenters. The summed E-state index contributed by atoms with van der Waals surface area (Å²) in [4.78, 5) is 28.8. The van der Waals surface area contributed by atoms with E-state index in [-0.39, 0.29) is 36.5 Å². The van der Waals surface area contributed by atoms with Gasteiger partial charge >= 0.3 is 0 Å². The summed E-state index contributed by atoms with van der Waals surface area (Å²) in [5.74, 6) is 5.98. The third-order valence-electron chi connectivity index (χ3n) is 5.72. The smallest absolute Gasteiger partial charge is 0.231 e. The molecule has 2 N–H and O–H groups in total. The lowest BCUT2D eigenvalue weighted by atomic mass is 10.1. The predicted octanol–water partition coefficient (Wildman–Crippen LogP) is 5.90. The number of anilines is 2. The number of nitrogens with zero attached hydrogens (tertiary/aromatic N) is 5. The number of carbonyl (C=O) groups is 2. The predicted molar refractivity (Wildman–Crippen MR) is 157 cm³/mol. The highest BCUT2D eigenvalue weighted by Gasteiger charge is 2.32. The Morgan fingerprint density at radius 2 is 1.67 bits per heavy atom. The first kappa shape index (κ1) is 29.8. The number of carbonyl (C=O) groups excluding carboxylic acids is 2. The molecule has 39 heavy (non-hydrogen) atoms. The number of allylic oxidation sites excluding steroid dienone is 3. The van der Waals surface area contributed by atoms with Crippen LogP contribution in [0.15, 0.2) is 48.3 Å². The molecule has 3 heterocycles. The van der Waals surface area contributed by atoms with Crippen LogP contribution in [0.25, 0.3) is 0 Å². The van der Waals surface area contributed by atoms with Gasteiger partial charge in [-0.15, -0.1) is 26.3 Å². The molecule has 3 aromatic heterocycles. The third kappa shape index (κ3) is 9.19. The maximum absolute atomic E-state index is 12.5.